The van der Waals surface area contributed by atoms with Crippen LogP contribution in [-0.4, -0.2) is 110 Å². The molecule has 11 unspecified atom stereocenters. The first-order chi connectivity index (χ1) is 27.7. The van der Waals surface area contributed by atoms with Crippen LogP contribution in [0.5, 0.6) is 0 Å². The minimum Gasteiger partial charge on any atom is -0.462 e. The smallest absolute Gasteiger partial charge is 0.313 e. The van der Waals surface area contributed by atoms with E-state index in [0.29, 0.717) is 43.8 Å². The lowest BCUT2D eigenvalue weighted by molar-refractivity contribution is -0.300. The molecule has 13 nitrogen and oxygen atoms in total. The van der Waals surface area contributed by atoms with Gasteiger partial charge in [-0.15, -0.1) is 0 Å². The predicted octanol–water partition coefficient (Wildman–Crippen LogP) is 6.47. The van der Waals surface area contributed by atoms with Crippen LogP contribution >= 0.6 is 0 Å². The number of esters is 1. The topological polar surface area (TPSA) is 178 Å². The summed E-state index contributed by atoms with van der Waals surface area (Å²) >= 11 is 0. The van der Waals surface area contributed by atoms with Gasteiger partial charge in [0.15, 0.2) is 12.1 Å². The van der Waals surface area contributed by atoms with E-state index in [1.54, 1.807) is 7.11 Å². The number of carbonyl (C=O) groups is 1. The summed E-state index contributed by atoms with van der Waals surface area (Å²) in [4.78, 5) is 25.5. The first-order valence-electron chi connectivity index (χ1n) is 21.4. The number of aliphatic hydroxyl groups excluding tert-OH is 2. The predicted molar refractivity (Wildman–Crippen MR) is 222 cm³/mol. The lowest BCUT2D eigenvalue weighted by Crippen LogP contribution is -2.66. The van der Waals surface area contributed by atoms with Gasteiger partial charge >= 0.3 is 5.97 Å². The zero-order valence-corrected chi connectivity index (χ0v) is 36.7. The number of nitrogens with two attached hydrogens (primary N) is 1. The Hall–Kier alpha value is -2.59. The molecule has 6 aliphatic rings. The first kappa shape index (κ1) is 48.1. The summed E-state index contributed by atoms with van der Waals surface area (Å²) in [5.41, 5.74) is 8.15. The van der Waals surface area contributed by atoms with Gasteiger partial charge in [0.25, 0.3) is 0 Å². The molecule has 1 spiro atoms. The number of methoxy groups -OCH3 is 1. The Kier molecular flexibility index (Phi) is 17.6. The SMILES string of the molecule is CC.CCC(C)C1OC2(C=C[C@@H]1C)CC1CC(C/C=C(\C)[C@@H](O[C@H]3CC(OC)C(N)(CN=O)C(C)O3)[C@@H](C)/C=C/C=C3\COC4C(O)C(C)=C[C@@H](C(=O)O1)C34)O2.CO. The molecule has 5 heterocycles. The van der Waals surface area contributed by atoms with Gasteiger partial charge in [0, 0.05) is 51.2 Å². The molecule has 13 heteroatoms. The molecule has 3 fully saturated rings. The van der Waals surface area contributed by atoms with Crippen molar-refractivity contribution >= 4 is 5.97 Å². The summed E-state index contributed by atoms with van der Waals surface area (Å²) in [5.74, 6) is -1.95. The summed E-state index contributed by atoms with van der Waals surface area (Å²) in [6.45, 7) is 18.5. The maximum atomic E-state index is 14.2. The Morgan fingerprint density at radius 3 is 2.45 bits per heavy atom. The van der Waals surface area contributed by atoms with Gasteiger partial charge in [-0.1, -0.05) is 89.6 Å². The van der Waals surface area contributed by atoms with Crippen molar-refractivity contribution in [2.24, 2.45) is 40.5 Å². The summed E-state index contributed by atoms with van der Waals surface area (Å²) in [6, 6.07) is 0. The number of carbonyl (C=O) groups excluding carboxylic acids is 1. The molecule has 16 atom stereocenters. The average Bonchev–Trinajstić information content (AvgIpc) is 3.64. The molecule has 1 aliphatic carbocycles. The number of hydrogen-bond donors (Lipinski definition) is 3. The van der Waals surface area contributed by atoms with Gasteiger partial charge in [-0.3, -0.25) is 4.79 Å². The van der Waals surface area contributed by atoms with Crippen LogP contribution in [0.25, 0.3) is 0 Å². The first-order valence-corrected chi connectivity index (χ1v) is 21.4. The lowest BCUT2D eigenvalue weighted by atomic mass is 9.75. The molecule has 0 aromatic carbocycles. The second-order valence-electron chi connectivity index (χ2n) is 16.7. The fourth-order valence-electron chi connectivity index (χ4n) is 9.34. The number of allylic oxidation sites excluding steroid dienone is 2. The van der Waals surface area contributed by atoms with Crippen LogP contribution in [0.4, 0.5) is 0 Å². The highest BCUT2D eigenvalue weighted by Gasteiger charge is 2.52. The fraction of sp³-hybridized carbons (Fsp3) is 0.756. The van der Waals surface area contributed by atoms with Crippen molar-refractivity contribution in [3.05, 3.63) is 64.2 Å². The Morgan fingerprint density at radius 1 is 1.05 bits per heavy atom. The molecule has 5 aliphatic heterocycles. The molecular formula is C45H72N2O11. The number of aliphatic hydroxyl groups is 2. The van der Waals surface area contributed by atoms with Gasteiger partial charge in [-0.2, -0.15) is 4.91 Å². The number of rotatable bonds is 7. The van der Waals surface area contributed by atoms with Crippen LogP contribution in [0, 0.1) is 34.5 Å². The van der Waals surface area contributed by atoms with Gasteiger partial charge < -0.3 is 49.1 Å². The van der Waals surface area contributed by atoms with Crippen LogP contribution in [-0.2, 0) is 38.0 Å². The molecule has 58 heavy (non-hydrogen) atoms. The van der Waals surface area contributed by atoms with Gasteiger partial charge in [0.2, 0.25) is 0 Å². The van der Waals surface area contributed by atoms with E-state index < -0.39 is 60.2 Å². The van der Waals surface area contributed by atoms with Gasteiger partial charge in [-0.25, -0.2) is 0 Å². The minimum absolute atomic E-state index is 0.0476. The van der Waals surface area contributed by atoms with Crippen molar-refractivity contribution in [3.8, 4) is 0 Å². The standard InChI is InChI=1S/C42H62N2O10.C2H6.CH4O/c1-9-23(2)38-26(5)15-16-41(54-38)20-31-18-30(53-41)14-13-25(4)37(52-34-19-33(48-8)42(43,22-44-47)28(7)50-34)24(3)11-10-12-29-21-49-39-35(29)32(40(46)51-31)17-27(6)36(39)45;2*1-2/h10-13,15-17,23-24,26,28,30-39,45H,9,14,18-22,43H2,1-8H3;1-2H3;2H,1H3/b11-10+,25-13+,29-12+;;/t23?,24-,26-,28?,30?,31?,32+,33?,34-,35?,36?,37-,38?,39?,41?,42?;;/m0../s1. The Morgan fingerprint density at radius 2 is 1.78 bits per heavy atom. The van der Waals surface area contributed by atoms with Crippen LogP contribution in [0.1, 0.15) is 94.4 Å². The van der Waals surface area contributed by atoms with E-state index >= 15 is 0 Å². The van der Waals surface area contributed by atoms with Gasteiger partial charge in [-0.05, 0) is 55.9 Å². The summed E-state index contributed by atoms with van der Waals surface area (Å²) in [6.07, 6.45) is 12.7. The summed E-state index contributed by atoms with van der Waals surface area (Å²) < 4.78 is 45.2. The van der Waals surface area contributed by atoms with Crippen molar-refractivity contribution in [3.63, 3.8) is 0 Å². The van der Waals surface area contributed by atoms with E-state index in [4.69, 9.17) is 44.0 Å². The highest BCUT2D eigenvalue weighted by Crippen LogP contribution is 2.45. The van der Waals surface area contributed by atoms with E-state index in [1.807, 2.05) is 58.9 Å². The zero-order chi connectivity index (χ0) is 42.9. The Bertz CT molecular complexity index is 1530. The molecule has 0 aromatic rings. The van der Waals surface area contributed by atoms with Crippen LogP contribution in [0.15, 0.2) is 64.4 Å². The van der Waals surface area contributed by atoms with Crippen LogP contribution < -0.4 is 5.73 Å². The van der Waals surface area contributed by atoms with Crippen LogP contribution in [0.2, 0.25) is 0 Å². The number of fused-ring (bicyclic) bond motifs is 2. The van der Waals surface area contributed by atoms with E-state index in [0.717, 1.165) is 24.7 Å². The summed E-state index contributed by atoms with van der Waals surface area (Å²) in [5, 5.41) is 21.2. The Balaban J connectivity index is 0.00000180. The molecule has 0 saturated carbocycles. The highest BCUT2D eigenvalue weighted by atomic mass is 16.7. The average molecular weight is 817 g/mol. The maximum Gasteiger partial charge on any atom is 0.313 e. The second kappa shape index (κ2) is 21.3. The van der Waals surface area contributed by atoms with Crippen molar-refractivity contribution in [2.45, 2.75) is 161 Å². The van der Waals surface area contributed by atoms with Crippen molar-refractivity contribution in [2.75, 3.05) is 27.4 Å². The van der Waals surface area contributed by atoms with E-state index in [1.165, 1.54) is 0 Å². The third-order valence-corrected chi connectivity index (χ3v) is 12.9. The minimum atomic E-state index is -1.07. The number of nitroso groups, excluding NO2 is 1. The summed E-state index contributed by atoms with van der Waals surface area (Å²) in [7, 11) is 2.57. The molecule has 328 valence electrons. The largest absolute Gasteiger partial charge is 0.462 e. The molecule has 4 N–H and O–H groups in total. The van der Waals surface area contributed by atoms with Crippen molar-refractivity contribution in [1.82, 2.24) is 0 Å². The molecule has 6 rings (SSSR count). The van der Waals surface area contributed by atoms with Crippen LogP contribution in [0.3, 0.4) is 0 Å². The van der Waals surface area contributed by atoms with Gasteiger partial charge in [0.05, 0.1) is 54.7 Å². The zero-order valence-electron chi connectivity index (χ0n) is 36.7. The Labute approximate surface area is 346 Å². The van der Waals surface area contributed by atoms with E-state index in [9.17, 15) is 14.8 Å². The second-order valence-corrected chi connectivity index (χ2v) is 16.7. The highest BCUT2D eigenvalue weighted by molar-refractivity contribution is 5.76. The lowest BCUT2D eigenvalue weighted by Gasteiger charge is -2.48. The molecular weight excluding hydrogens is 744 g/mol. The molecule has 0 radical (unpaired) electrons. The third kappa shape index (κ3) is 10.5. The maximum absolute atomic E-state index is 14.2. The fourth-order valence-corrected chi connectivity index (χ4v) is 9.34. The molecule has 0 aromatic heterocycles. The normalized spacial score (nSPS) is 44.3. The van der Waals surface area contributed by atoms with E-state index in [2.05, 4.69) is 51.1 Å². The molecule has 0 amide bonds. The molecule has 3 saturated heterocycles. The molecule has 2 bridgehead atoms. The number of ether oxygens (including phenoxy) is 7. The monoisotopic (exact) mass is 817 g/mol. The number of nitrogens with zero attached hydrogens (tertiary/aromatic N) is 1. The number of hydrogen-bond acceptors (Lipinski definition) is 13. The van der Waals surface area contributed by atoms with E-state index in [-0.39, 0.29) is 42.5 Å². The quantitative estimate of drug-likeness (QED) is 0.145. The van der Waals surface area contributed by atoms with Crippen molar-refractivity contribution in [1.29, 1.82) is 0 Å². The third-order valence-electron chi connectivity index (χ3n) is 12.9. The van der Waals surface area contributed by atoms with Crippen molar-refractivity contribution < 1.29 is 48.2 Å². The van der Waals surface area contributed by atoms with Gasteiger partial charge in [0.1, 0.15) is 18.8 Å².